The van der Waals surface area contributed by atoms with Crippen LogP contribution >= 0.6 is 11.8 Å². The molecule has 2 saturated heterocycles. The molecule has 32 heavy (non-hydrogen) atoms. The van der Waals surface area contributed by atoms with E-state index in [9.17, 15) is 9.59 Å². The maximum atomic E-state index is 12.6. The van der Waals surface area contributed by atoms with Crippen molar-refractivity contribution in [3.8, 4) is 0 Å². The second-order valence-corrected chi connectivity index (χ2v) is 9.66. The molecular weight excluding hydrogens is 424 g/mol. The van der Waals surface area contributed by atoms with Crippen molar-refractivity contribution >= 4 is 29.3 Å². The van der Waals surface area contributed by atoms with Gasteiger partial charge in [0.1, 0.15) is 5.69 Å². The maximum Gasteiger partial charge on any atom is 0.354 e. The molecule has 0 atom stereocenters. The SMILES string of the molecule is COC(=O)c1cccn1C1CCN(CC(=O)Nc2cccc(CN3CCSCC3)c2)CC1. The quantitative estimate of drug-likeness (QED) is 0.646. The molecule has 2 fully saturated rings. The molecule has 0 spiro atoms. The number of carbonyl (C=O) groups excluding carboxylic acids is 2. The molecule has 1 aromatic carbocycles. The monoisotopic (exact) mass is 456 g/mol. The number of likely N-dealkylation sites (tertiary alicyclic amines) is 1. The summed E-state index contributed by atoms with van der Waals surface area (Å²) in [5.41, 5.74) is 2.69. The number of piperidine rings is 1. The topological polar surface area (TPSA) is 66.8 Å². The van der Waals surface area contributed by atoms with Gasteiger partial charge in [-0.3, -0.25) is 14.6 Å². The second kappa shape index (κ2) is 11.0. The fourth-order valence-electron chi connectivity index (χ4n) is 4.51. The van der Waals surface area contributed by atoms with Crippen LogP contribution in [-0.2, 0) is 16.1 Å². The van der Waals surface area contributed by atoms with Crippen molar-refractivity contribution in [2.75, 3.05) is 56.7 Å². The average molecular weight is 457 g/mol. The van der Waals surface area contributed by atoms with E-state index >= 15 is 0 Å². The maximum absolute atomic E-state index is 12.6. The Labute approximate surface area is 194 Å². The number of nitrogens with one attached hydrogen (secondary N) is 1. The molecule has 2 aromatic rings. The lowest BCUT2D eigenvalue weighted by Gasteiger charge is -2.32. The zero-order valence-corrected chi connectivity index (χ0v) is 19.5. The van der Waals surface area contributed by atoms with Crippen LogP contribution in [0, 0.1) is 0 Å². The van der Waals surface area contributed by atoms with E-state index in [0.717, 1.165) is 51.3 Å². The van der Waals surface area contributed by atoms with Crippen LogP contribution in [0.4, 0.5) is 5.69 Å². The Bertz CT molecular complexity index is 917. The molecule has 1 N–H and O–H groups in total. The number of amides is 1. The van der Waals surface area contributed by atoms with Crippen LogP contribution < -0.4 is 5.32 Å². The third-order valence-electron chi connectivity index (χ3n) is 6.21. The molecule has 1 aromatic heterocycles. The largest absolute Gasteiger partial charge is 0.464 e. The summed E-state index contributed by atoms with van der Waals surface area (Å²) in [7, 11) is 1.41. The Kier molecular flexibility index (Phi) is 7.89. The van der Waals surface area contributed by atoms with Gasteiger partial charge < -0.3 is 14.6 Å². The molecule has 0 radical (unpaired) electrons. The van der Waals surface area contributed by atoms with Gasteiger partial charge in [0.15, 0.2) is 0 Å². The van der Waals surface area contributed by atoms with Gasteiger partial charge >= 0.3 is 5.97 Å². The molecule has 0 saturated carbocycles. The third kappa shape index (κ3) is 5.94. The number of esters is 1. The minimum atomic E-state index is -0.307. The van der Waals surface area contributed by atoms with Gasteiger partial charge in [0.25, 0.3) is 0 Å². The Morgan fingerprint density at radius 1 is 1.06 bits per heavy atom. The molecule has 7 nitrogen and oxygen atoms in total. The molecule has 3 heterocycles. The second-order valence-electron chi connectivity index (χ2n) is 8.44. The van der Waals surface area contributed by atoms with Gasteiger partial charge in [0.05, 0.1) is 13.7 Å². The van der Waals surface area contributed by atoms with Crippen molar-refractivity contribution in [2.45, 2.75) is 25.4 Å². The Morgan fingerprint density at radius 3 is 2.59 bits per heavy atom. The number of methoxy groups -OCH3 is 1. The van der Waals surface area contributed by atoms with Gasteiger partial charge in [-0.25, -0.2) is 4.79 Å². The first-order chi connectivity index (χ1) is 15.6. The van der Waals surface area contributed by atoms with E-state index in [1.165, 1.54) is 24.2 Å². The summed E-state index contributed by atoms with van der Waals surface area (Å²) in [4.78, 5) is 29.2. The predicted octanol–water partition coefficient (Wildman–Crippen LogP) is 3.10. The van der Waals surface area contributed by atoms with E-state index in [1.807, 2.05) is 40.7 Å². The Morgan fingerprint density at radius 2 is 1.84 bits per heavy atom. The summed E-state index contributed by atoms with van der Waals surface area (Å²) < 4.78 is 6.89. The number of benzene rings is 1. The highest BCUT2D eigenvalue weighted by atomic mass is 32.2. The van der Waals surface area contributed by atoms with Gasteiger partial charge in [0.2, 0.25) is 5.91 Å². The lowest BCUT2D eigenvalue weighted by atomic mass is 10.0. The van der Waals surface area contributed by atoms with E-state index < -0.39 is 0 Å². The van der Waals surface area contributed by atoms with Crippen LogP contribution in [-0.4, -0.2) is 77.6 Å². The van der Waals surface area contributed by atoms with E-state index in [0.29, 0.717) is 12.2 Å². The van der Waals surface area contributed by atoms with Gasteiger partial charge in [-0.05, 0) is 42.7 Å². The zero-order valence-electron chi connectivity index (χ0n) is 18.7. The van der Waals surface area contributed by atoms with Crippen LogP contribution in [0.3, 0.4) is 0 Å². The van der Waals surface area contributed by atoms with Crippen LogP contribution in [0.2, 0.25) is 0 Å². The number of rotatable bonds is 7. The molecule has 0 aliphatic carbocycles. The third-order valence-corrected chi connectivity index (χ3v) is 7.15. The first-order valence-corrected chi connectivity index (χ1v) is 12.4. The van der Waals surface area contributed by atoms with Gasteiger partial charge in [-0.2, -0.15) is 11.8 Å². The molecule has 1 amide bonds. The molecule has 0 bridgehead atoms. The fourth-order valence-corrected chi connectivity index (χ4v) is 5.49. The first kappa shape index (κ1) is 22.9. The molecule has 172 valence electrons. The number of hydrogen-bond donors (Lipinski definition) is 1. The molecule has 8 heteroatoms. The first-order valence-electron chi connectivity index (χ1n) is 11.3. The summed E-state index contributed by atoms with van der Waals surface area (Å²) in [6.07, 6.45) is 3.74. The summed E-state index contributed by atoms with van der Waals surface area (Å²) in [6.45, 7) is 5.22. The zero-order chi connectivity index (χ0) is 22.3. The molecule has 0 unspecified atom stereocenters. The van der Waals surface area contributed by atoms with Gasteiger partial charge in [-0.1, -0.05) is 12.1 Å². The minimum Gasteiger partial charge on any atom is -0.464 e. The van der Waals surface area contributed by atoms with E-state index in [1.54, 1.807) is 6.07 Å². The smallest absolute Gasteiger partial charge is 0.354 e. The van der Waals surface area contributed by atoms with Crippen molar-refractivity contribution in [3.05, 3.63) is 53.9 Å². The van der Waals surface area contributed by atoms with Gasteiger partial charge in [-0.15, -0.1) is 0 Å². The molecule has 4 rings (SSSR count). The predicted molar refractivity (Wildman–Crippen MR) is 128 cm³/mol. The van der Waals surface area contributed by atoms with E-state index in [-0.39, 0.29) is 17.9 Å². The summed E-state index contributed by atoms with van der Waals surface area (Å²) in [6, 6.07) is 12.1. The summed E-state index contributed by atoms with van der Waals surface area (Å²) in [5, 5.41) is 3.07. The number of nitrogens with zero attached hydrogens (tertiary/aromatic N) is 3. The highest BCUT2D eigenvalue weighted by Crippen LogP contribution is 2.25. The molecule has 2 aliphatic heterocycles. The highest BCUT2D eigenvalue weighted by Gasteiger charge is 2.24. The molecule has 2 aliphatic rings. The summed E-state index contributed by atoms with van der Waals surface area (Å²) in [5.74, 6) is 2.10. The standard InChI is InChI=1S/C24H32N4O3S/c1-31-24(30)22-6-3-9-28(22)21-7-10-26(11-8-21)18-23(29)25-20-5-2-4-19(16-20)17-27-12-14-32-15-13-27/h2-6,9,16,21H,7-8,10-15,17-18H2,1H3,(H,25,29). The van der Waals surface area contributed by atoms with Gasteiger partial charge in [0, 0.05) is 62.2 Å². The number of ether oxygens (including phenoxy) is 1. The lowest BCUT2D eigenvalue weighted by molar-refractivity contribution is -0.117. The summed E-state index contributed by atoms with van der Waals surface area (Å²) >= 11 is 2.01. The number of anilines is 1. The number of hydrogen-bond acceptors (Lipinski definition) is 6. The van der Waals surface area contributed by atoms with Crippen LogP contribution in [0.25, 0.3) is 0 Å². The number of carbonyl (C=O) groups is 2. The van der Waals surface area contributed by atoms with Crippen LogP contribution in [0.15, 0.2) is 42.6 Å². The fraction of sp³-hybridized carbons (Fsp3) is 0.500. The number of thioether (sulfide) groups is 1. The van der Waals surface area contributed by atoms with Crippen molar-refractivity contribution in [2.24, 2.45) is 0 Å². The van der Waals surface area contributed by atoms with Crippen LogP contribution in [0.1, 0.15) is 34.9 Å². The van der Waals surface area contributed by atoms with Crippen molar-refractivity contribution in [1.82, 2.24) is 14.4 Å². The Balaban J connectivity index is 1.25. The Hall–Kier alpha value is -2.29. The van der Waals surface area contributed by atoms with Crippen molar-refractivity contribution in [1.29, 1.82) is 0 Å². The normalized spacial score (nSPS) is 18.4. The van der Waals surface area contributed by atoms with Crippen molar-refractivity contribution in [3.63, 3.8) is 0 Å². The number of aromatic nitrogens is 1. The minimum absolute atomic E-state index is 0.0196. The van der Waals surface area contributed by atoms with E-state index in [2.05, 4.69) is 27.2 Å². The highest BCUT2D eigenvalue weighted by molar-refractivity contribution is 7.99. The van der Waals surface area contributed by atoms with Crippen LogP contribution in [0.5, 0.6) is 0 Å². The lowest BCUT2D eigenvalue weighted by Crippen LogP contribution is -2.40. The molecular formula is C24H32N4O3S. The van der Waals surface area contributed by atoms with Crippen molar-refractivity contribution < 1.29 is 14.3 Å². The van der Waals surface area contributed by atoms with E-state index in [4.69, 9.17) is 4.74 Å². The average Bonchev–Trinajstić information content (AvgIpc) is 3.30.